The van der Waals surface area contributed by atoms with Crippen LogP contribution < -0.4 is 5.32 Å². The van der Waals surface area contributed by atoms with Crippen LogP contribution >= 0.6 is 0 Å². The molecule has 0 saturated heterocycles. The Bertz CT molecular complexity index is 461. The van der Waals surface area contributed by atoms with E-state index in [9.17, 15) is 14.0 Å². The SMILES string of the molecule is COC(C)C(=O)Nc1ccc(CC(=O)O)c(F)c1. The Balaban J connectivity index is 2.78. The maximum Gasteiger partial charge on any atom is 0.307 e. The molecule has 0 fully saturated rings. The standard InChI is InChI=1S/C12H14FNO4/c1-7(18-2)12(17)14-9-4-3-8(5-11(15)16)10(13)6-9/h3-4,6-7H,5H2,1-2H3,(H,14,17)(H,15,16). The summed E-state index contributed by atoms with van der Waals surface area (Å²) >= 11 is 0. The quantitative estimate of drug-likeness (QED) is 0.834. The van der Waals surface area contributed by atoms with Gasteiger partial charge in [0.25, 0.3) is 5.91 Å². The highest BCUT2D eigenvalue weighted by Gasteiger charge is 2.13. The molecule has 0 heterocycles. The van der Waals surface area contributed by atoms with Gasteiger partial charge in [-0.15, -0.1) is 0 Å². The fraction of sp³-hybridized carbons (Fsp3) is 0.333. The van der Waals surface area contributed by atoms with Crippen molar-refractivity contribution in [2.45, 2.75) is 19.4 Å². The van der Waals surface area contributed by atoms with Gasteiger partial charge in [-0.2, -0.15) is 0 Å². The topological polar surface area (TPSA) is 75.6 Å². The smallest absolute Gasteiger partial charge is 0.307 e. The zero-order valence-corrected chi connectivity index (χ0v) is 10.1. The maximum absolute atomic E-state index is 13.5. The number of carbonyl (C=O) groups excluding carboxylic acids is 1. The van der Waals surface area contributed by atoms with Crippen molar-refractivity contribution >= 4 is 17.6 Å². The first-order valence-electron chi connectivity index (χ1n) is 5.28. The van der Waals surface area contributed by atoms with Gasteiger partial charge in [0.15, 0.2) is 0 Å². The van der Waals surface area contributed by atoms with Crippen LogP contribution in [0.5, 0.6) is 0 Å². The average molecular weight is 255 g/mol. The van der Waals surface area contributed by atoms with Crippen molar-refractivity contribution in [1.82, 2.24) is 0 Å². The van der Waals surface area contributed by atoms with Gasteiger partial charge >= 0.3 is 5.97 Å². The minimum Gasteiger partial charge on any atom is -0.481 e. The van der Waals surface area contributed by atoms with Gasteiger partial charge in [-0.05, 0) is 24.6 Å². The Kier molecular flexibility index (Phi) is 4.79. The molecule has 1 aromatic rings. The molecule has 0 aliphatic carbocycles. The minimum atomic E-state index is -1.11. The van der Waals surface area contributed by atoms with E-state index in [1.54, 1.807) is 6.92 Å². The Hall–Kier alpha value is -1.95. The third-order valence-corrected chi connectivity index (χ3v) is 2.39. The number of carboxylic acids is 1. The summed E-state index contributed by atoms with van der Waals surface area (Å²) < 4.78 is 18.3. The number of halogens is 1. The van der Waals surface area contributed by atoms with Gasteiger partial charge in [-0.25, -0.2) is 4.39 Å². The van der Waals surface area contributed by atoms with Gasteiger partial charge in [-0.1, -0.05) is 6.07 Å². The summed E-state index contributed by atoms with van der Waals surface area (Å²) in [7, 11) is 1.39. The molecule has 18 heavy (non-hydrogen) atoms. The summed E-state index contributed by atoms with van der Waals surface area (Å²) in [6, 6.07) is 3.86. The van der Waals surface area contributed by atoms with E-state index in [0.29, 0.717) is 0 Å². The number of amides is 1. The second kappa shape index (κ2) is 6.11. The van der Waals surface area contributed by atoms with Crippen LogP contribution in [0.1, 0.15) is 12.5 Å². The minimum absolute atomic E-state index is 0.0697. The molecule has 5 nitrogen and oxygen atoms in total. The van der Waals surface area contributed by atoms with Crippen molar-refractivity contribution in [3.63, 3.8) is 0 Å². The predicted octanol–water partition coefficient (Wildman–Crippen LogP) is 1.43. The number of hydrogen-bond donors (Lipinski definition) is 2. The zero-order valence-electron chi connectivity index (χ0n) is 10.1. The first-order valence-corrected chi connectivity index (χ1v) is 5.28. The average Bonchev–Trinajstić information content (AvgIpc) is 2.31. The molecule has 0 radical (unpaired) electrons. The van der Waals surface area contributed by atoms with E-state index in [-0.39, 0.29) is 11.3 Å². The van der Waals surface area contributed by atoms with Crippen LogP contribution in [0.25, 0.3) is 0 Å². The first-order chi connectivity index (χ1) is 8.43. The molecule has 1 amide bonds. The third-order valence-electron chi connectivity index (χ3n) is 2.39. The van der Waals surface area contributed by atoms with Gasteiger partial charge < -0.3 is 15.2 Å². The Labute approximate surface area is 104 Å². The predicted molar refractivity (Wildman–Crippen MR) is 62.8 cm³/mol. The molecule has 0 spiro atoms. The van der Waals surface area contributed by atoms with Crippen molar-refractivity contribution in [2.75, 3.05) is 12.4 Å². The second-order valence-electron chi connectivity index (χ2n) is 3.74. The summed E-state index contributed by atoms with van der Waals surface area (Å²) in [4.78, 5) is 21.9. The summed E-state index contributed by atoms with van der Waals surface area (Å²) in [5.74, 6) is -2.18. The summed E-state index contributed by atoms with van der Waals surface area (Å²) in [5.41, 5.74) is 0.329. The highest BCUT2D eigenvalue weighted by atomic mass is 19.1. The molecule has 1 rings (SSSR count). The molecule has 0 aliphatic rings. The molecule has 98 valence electrons. The van der Waals surface area contributed by atoms with Gasteiger partial charge in [0.2, 0.25) is 0 Å². The number of benzene rings is 1. The highest BCUT2D eigenvalue weighted by molar-refractivity contribution is 5.93. The molecule has 6 heteroatoms. The number of aliphatic carboxylic acids is 1. The van der Waals surface area contributed by atoms with Crippen molar-refractivity contribution < 1.29 is 23.8 Å². The van der Waals surface area contributed by atoms with E-state index >= 15 is 0 Å². The number of carbonyl (C=O) groups is 2. The molecule has 1 atom stereocenters. The van der Waals surface area contributed by atoms with Gasteiger partial charge in [0.05, 0.1) is 6.42 Å². The number of nitrogens with one attached hydrogen (secondary N) is 1. The monoisotopic (exact) mass is 255 g/mol. The van der Waals surface area contributed by atoms with E-state index in [2.05, 4.69) is 5.32 Å². The number of hydrogen-bond acceptors (Lipinski definition) is 3. The van der Waals surface area contributed by atoms with E-state index in [1.807, 2.05) is 0 Å². The Morgan fingerprint density at radius 3 is 2.67 bits per heavy atom. The van der Waals surface area contributed by atoms with Crippen LogP contribution in [0.4, 0.5) is 10.1 Å². The lowest BCUT2D eigenvalue weighted by molar-refractivity contribution is -0.136. The van der Waals surface area contributed by atoms with Crippen LogP contribution in [0.3, 0.4) is 0 Å². The lowest BCUT2D eigenvalue weighted by Crippen LogP contribution is -2.26. The lowest BCUT2D eigenvalue weighted by atomic mass is 10.1. The number of ether oxygens (including phenoxy) is 1. The fourth-order valence-electron chi connectivity index (χ4n) is 1.28. The van der Waals surface area contributed by atoms with Crippen LogP contribution in [-0.2, 0) is 20.7 Å². The maximum atomic E-state index is 13.5. The number of anilines is 1. The zero-order chi connectivity index (χ0) is 13.7. The second-order valence-corrected chi connectivity index (χ2v) is 3.74. The number of carboxylic acid groups (broad SMARTS) is 1. The summed E-state index contributed by atoms with van der Waals surface area (Å²) in [6.07, 6.45) is -1.04. The van der Waals surface area contributed by atoms with Crippen LogP contribution in [0.15, 0.2) is 18.2 Å². The molecular formula is C12H14FNO4. The molecule has 0 aromatic heterocycles. The molecule has 1 unspecified atom stereocenters. The van der Waals surface area contributed by atoms with Crippen LogP contribution in [0.2, 0.25) is 0 Å². The van der Waals surface area contributed by atoms with Crippen molar-refractivity contribution in [3.8, 4) is 0 Å². The van der Waals surface area contributed by atoms with Crippen molar-refractivity contribution in [2.24, 2.45) is 0 Å². The molecule has 2 N–H and O–H groups in total. The first kappa shape index (κ1) is 14.1. The van der Waals surface area contributed by atoms with Gasteiger partial charge in [0, 0.05) is 12.8 Å². The summed E-state index contributed by atoms with van der Waals surface area (Å²) in [5, 5.41) is 11.0. The Morgan fingerprint density at radius 1 is 1.50 bits per heavy atom. The van der Waals surface area contributed by atoms with Gasteiger partial charge in [-0.3, -0.25) is 9.59 Å². The molecular weight excluding hydrogens is 241 g/mol. The van der Waals surface area contributed by atoms with E-state index in [4.69, 9.17) is 9.84 Å². The molecule has 0 aliphatic heterocycles. The van der Waals surface area contributed by atoms with Crippen LogP contribution in [-0.4, -0.2) is 30.2 Å². The molecule has 0 saturated carbocycles. The van der Waals surface area contributed by atoms with E-state index in [0.717, 1.165) is 6.07 Å². The van der Waals surface area contributed by atoms with E-state index < -0.39 is 30.2 Å². The number of methoxy groups -OCH3 is 1. The van der Waals surface area contributed by atoms with Gasteiger partial charge in [0.1, 0.15) is 11.9 Å². The van der Waals surface area contributed by atoms with Crippen LogP contribution in [0, 0.1) is 5.82 Å². The summed E-state index contributed by atoms with van der Waals surface area (Å²) in [6.45, 7) is 1.56. The van der Waals surface area contributed by atoms with E-state index in [1.165, 1.54) is 19.2 Å². The molecule has 1 aromatic carbocycles. The molecule has 0 bridgehead atoms. The lowest BCUT2D eigenvalue weighted by Gasteiger charge is -2.11. The number of rotatable bonds is 5. The highest BCUT2D eigenvalue weighted by Crippen LogP contribution is 2.15. The van der Waals surface area contributed by atoms with Crippen molar-refractivity contribution in [1.29, 1.82) is 0 Å². The largest absolute Gasteiger partial charge is 0.481 e. The normalized spacial score (nSPS) is 11.9. The van der Waals surface area contributed by atoms with Crippen molar-refractivity contribution in [3.05, 3.63) is 29.6 Å². The Morgan fingerprint density at radius 2 is 2.17 bits per heavy atom. The third kappa shape index (κ3) is 3.81. The fourth-order valence-corrected chi connectivity index (χ4v) is 1.28.